The van der Waals surface area contributed by atoms with E-state index in [1.165, 1.54) is 11.9 Å². The average Bonchev–Trinajstić information content (AvgIpc) is 2.27. The molecule has 14 heavy (non-hydrogen) atoms. The van der Waals surface area contributed by atoms with Gasteiger partial charge in [0.2, 0.25) is 5.91 Å². The second kappa shape index (κ2) is 5.17. The van der Waals surface area contributed by atoms with Crippen molar-refractivity contribution in [2.45, 2.75) is 6.10 Å². The number of hydrogen-bond donors (Lipinski definition) is 1. The monoisotopic (exact) mass is 220 g/mol. The molecule has 0 saturated carbocycles. The fourth-order valence-corrected chi connectivity index (χ4v) is 1.45. The maximum atomic E-state index is 11.2. The number of nitrogens with zero attached hydrogens (tertiary/aromatic N) is 1. The number of rotatable bonds is 2. The number of nitrogens with one attached hydrogen (secondary N) is 1. The number of ether oxygens (including phenoxy) is 1. The number of morpholine rings is 1. The third kappa shape index (κ3) is 2.59. The van der Waals surface area contributed by atoms with Crippen molar-refractivity contribution in [2.75, 3.05) is 32.6 Å². The summed E-state index contributed by atoms with van der Waals surface area (Å²) < 4.78 is 5.21. The van der Waals surface area contributed by atoms with Gasteiger partial charge in [0, 0.05) is 13.6 Å². The van der Waals surface area contributed by atoms with Gasteiger partial charge in [0.1, 0.15) is 5.88 Å². The number of carbonyl (C=O) groups excluding carboxylic acids is 2. The molecule has 1 aliphatic rings. The molecule has 0 aromatic carbocycles. The molecule has 0 radical (unpaired) electrons. The minimum Gasteiger partial charge on any atom is -0.365 e. The summed E-state index contributed by atoms with van der Waals surface area (Å²) in [5, 5.41) is 2.48. The summed E-state index contributed by atoms with van der Waals surface area (Å²) in [5.74, 6) is -0.429. The fraction of sp³-hybridized carbons (Fsp3) is 0.750. The van der Waals surface area contributed by atoms with Crippen molar-refractivity contribution in [2.24, 2.45) is 0 Å². The highest BCUT2D eigenvalue weighted by Gasteiger charge is 2.27. The van der Waals surface area contributed by atoms with Crippen LogP contribution in [0.25, 0.3) is 0 Å². The minimum absolute atomic E-state index is 0.0551. The second-order valence-electron chi connectivity index (χ2n) is 2.95. The zero-order valence-electron chi connectivity index (χ0n) is 7.96. The van der Waals surface area contributed by atoms with Crippen LogP contribution in [0.4, 0.5) is 0 Å². The highest BCUT2D eigenvalue weighted by Crippen LogP contribution is 2.06. The first kappa shape index (κ1) is 11.3. The van der Waals surface area contributed by atoms with Crippen molar-refractivity contribution in [3.63, 3.8) is 0 Å². The van der Waals surface area contributed by atoms with Crippen LogP contribution in [-0.2, 0) is 14.3 Å². The van der Waals surface area contributed by atoms with Crippen LogP contribution >= 0.6 is 11.6 Å². The lowest BCUT2D eigenvalue weighted by molar-refractivity contribution is -0.145. The molecule has 0 bridgehead atoms. The van der Waals surface area contributed by atoms with Crippen molar-refractivity contribution in [3.8, 4) is 0 Å². The molecule has 6 heteroatoms. The van der Waals surface area contributed by atoms with Gasteiger partial charge in [-0.2, -0.15) is 0 Å². The lowest BCUT2D eigenvalue weighted by Gasteiger charge is -2.31. The first-order valence-corrected chi connectivity index (χ1v) is 4.89. The van der Waals surface area contributed by atoms with E-state index >= 15 is 0 Å². The van der Waals surface area contributed by atoms with Gasteiger partial charge in [0.25, 0.3) is 5.91 Å². The van der Waals surface area contributed by atoms with Gasteiger partial charge < -0.3 is 15.0 Å². The molecular formula is C8H13ClN2O3. The number of halogens is 1. The number of amides is 2. The molecule has 0 aliphatic carbocycles. The van der Waals surface area contributed by atoms with Crippen LogP contribution in [0.3, 0.4) is 0 Å². The van der Waals surface area contributed by atoms with Gasteiger partial charge in [0.15, 0.2) is 6.10 Å². The van der Waals surface area contributed by atoms with Gasteiger partial charge in [-0.3, -0.25) is 9.59 Å². The summed E-state index contributed by atoms with van der Waals surface area (Å²) in [4.78, 5) is 24.0. The Hall–Kier alpha value is -0.810. The van der Waals surface area contributed by atoms with Crippen LogP contribution in [0.2, 0.25) is 0 Å². The van der Waals surface area contributed by atoms with Gasteiger partial charge in [-0.05, 0) is 0 Å². The van der Waals surface area contributed by atoms with E-state index in [4.69, 9.17) is 16.3 Å². The van der Waals surface area contributed by atoms with Crippen LogP contribution in [0.1, 0.15) is 0 Å². The fourth-order valence-electron chi connectivity index (χ4n) is 1.28. The topological polar surface area (TPSA) is 58.6 Å². The summed E-state index contributed by atoms with van der Waals surface area (Å²) in [6.07, 6.45) is -0.569. The predicted octanol–water partition coefficient (Wildman–Crippen LogP) is -0.801. The molecule has 1 aliphatic heterocycles. The Kier molecular flexibility index (Phi) is 4.16. The van der Waals surface area contributed by atoms with E-state index in [9.17, 15) is 9.59 Å². The van der Waals surface area contributed by atoms with Gasteiger partial charge in [-0.1, -0.05) is 0 Å². The largest absolute Gasteiger partial charge is 0.365 e. The molecule has 1 rings (SSSR count). The summed E-state index contributed by atoms with van der Waals surface area (Å²) in [6.45, 7) is 1.16. The zero-order chi connectivity index (χ0) is 10.6. The molecule has 2 amide bonds. The van der Waals surface area contributed by atoms with E-state index in [0.717, 1.165) is 0 Å². The Morgan fingerprint density at radius 1 is 1.64 bits per heavy atom. The summed E-state index contributed by atoms with van der Waals surface area (Å²) in [7, 11) is 1.54. The number of hydrogen-bond acceptors (Lipinski definition) is 3. The maximum Gasteiger partial charge on any atom is 0.250 e. The van der Waals surface area contributed by atoms with E-state index in [0.29, 0.717) is 13.2 Å². The quantitative estimate of drug-likeness (QED) is 0.620. The third-order valence-corrected chi connectivity index (χ3v) is 2.30. The van der Waals surface area contributed by atoms with Crippen molar-refractivity contribution in [1.29, 1.82) is 0 Å². The number of carbonyl (C=O) groups is 2. The lowest BCUT2D eigenvalue weighted by Crippen LogP contribution is -2.51. The molecule has 0 spiro atoms. The lowest BCUT2D eigenvalue weighted by atomic mass is 10.2. The van der Waals surface area contributed by atoms with Crippen LogP contribution < -0.4 is 5.32 Å². The van der Waals surface area contributed by atoms with Crippen LogP contribution in [0.15, 0.2) is 0 Å². The standard InChI is InChI=1S/C8H13ClN2O3/c1-10-8(13)6-5-11(2-3-14-6)7(12)4-9/h6H,2-5H2,1H3,(H,10,13). The third-order valence-electron chi connectivity index (χ3n) is 2.07. The van der Waals surface area contributed by atoms with Gasteiger partial charge in [-0.25, -0.2) is 0 Å². The van der Waals surface area contributed by atoms with E-state index < -0.39 is 6.10 Å². The Balaban J connectivity index is 2.51. The number of likely N-dealkylation sites (N-methyl/N-ethyl adjacent to an activating group) is 1. The molecule has 0 aromatic heterocycles. The predicted molar refractivity (Wildman–Crippen MR) is 51.1 cm³/mol. The molecule has 1 heterocycles. The Morgan fingerprint density at radius 2 is 2.36 bits per heavy atom. The molecule has 1 unspecified atom stereocenters. The van der Waals surface area contributed by atoms with Crippen molar-refractivity contribution in [3.05, 3.63) is 0 Å². The Morgan fingerprint density at radius 3 is 2.93 bits per heavy atom. The van der Waals surface area contributed by atoms with Crippen molar-refractivity contribution in [1.82, 2.24) is 10.2 Å². The van der Waals surface area contributed by atoms with Crippen LogP contribution in [0.5, 0.6) is 0 Å². The smallest absolute Gasteiger partial charge is 0.250 e. The van der Waals surface area contributed by atoms with Crippen molar-refractivity contribution >= 4 is 23.4 Å². The van der Waals surface area contributed by atoms with Gasteiger partial charge in [-0.15, -0.1) is 11.6 Å². The summed E-state index contributed by atoms with van der Waals surface area (Å²) in [5.41, 5.74) is 0. The average molecular weight is 221 g/mol. The van der Waals surface area contributed by atoms with E-state index in [1.807, 2.05) is 0 Å². The zero-order valence-corrected chi connectivity index (χ0v) is 8.71. The second-order valence-corrected chi connectivity index (χ2v) is 3.21. The van der Waals surface area contributed by atoms with E-state index in [-0.39, 0.29) is 24.2 Å². The Bertz CT molecular complexity index is 213. The first-order chi connectivity index (χ1) is 6.69. The molecule has 1 atom stereocenters. The molecule has 0 aromatic rings. The van der Waals surface area contributed by atoms with Crippen LogP contribution in [-0.4, -0.2) is 55.4 Å². The van der Waals surface area contributed by atoms with Crippen molar-refractivity contribution < 1.29 is 14.3 Å². The van der Waals surface area contributed by atoms with E-state index in [1.54, 1.807) is 0 Å². The maximum absolute atomic E-state index is 11.2. The molecular weight excluding hydrogens is 208 g/mol. The van der Waals surface area contributed by atoms with E-state index in [2.05, 4.69) is 5.32 Å². The SMILES string of the molecule is CNC(=O)C1CN(C(=O)CCl)CCO1. The van der Waals surface area contributed by atoms with Gasteiger partial charge in [0.05, 0.1) is 13.2 Å². The molecule has 80 valence electrons. The molecule has 1 fully saturated rings. The van der Waals surface area contributed by atoms with Gasteiger partial charge >= 0.3 is 0 Å². The Labute approximate surface area is 87.3 Å². The first-order valence-electron chi connectivity index (χ1n) is 4.36. The van der Waals surface area contributed by atoms with Crippen LogP contribution in [0, 0.1) is 0 Å². The minimum atomic E-state index is -0.569. The molecule has 1 saturated heterocycles. The normalized spacial score (nSPS) is 21.9. The molecule has 5 nitrogen and oxygen atoms in total. The highest BCUT2D eigenvalue weighted by atomic mass is 35.5. The number of alkyl halides is 1. The summed E-state index contributed by atoms with van der Waals surface area (Å²) >= 11 is 5.41. The summed E-state index contributed by atoms with van der Waals surface area (Å²) in [6, 6.07) is 0. The highest BCUT2D eigenvalue weighted by molar-refractivity contribution is 6.27. The molecule has 1 N–H and O–H groups in total.